The molecule has 0 unspecified atom stereocenters. The highest BCUT2D eigenvalue weighted by atomic mass is 16.2. The molecule has 0 saturated heterocycles. The number of carbonyl (C=O) groups excluding carboxylic acids is 2. The van der Waals surface area contributed by atoms with Gasteiger partial charge in [-0.05, 0) is 48.7 Å². The van der Waals surface area contributed by atoms with E-state index in [1.807, 2.05) is 24.4 Å². The normalized spacial score (nSPS) is 14.9. The van der Waals surface area contributed by atoms with Crippen molar-refractivity contribution < 1.29 is 9.59 Å². The van der Waals surface area contributed by atoms with Crippen LogP contribution in [0.2, 0.25) is 0 Å². The van der Waals surface area contributed by atoms with Crippen LogP contribution in [0.15, 0.2) is 54.7 Å². The van der Waals surface area contributed by atoms with Gasteiger partial charge in [-0.25, -0.2) is 0 Å². The molecule has 1 saturated carbocycles. The van der Waals surface area contributed by atoms with Gasteiger partial charge >= 0.3 is 0 Å². The number of benzene rings is 2. The molecule has 2 amide bonds. The van der Waals surface area contributed by atoms with Crippen molar-refractivity contribution in [3.05, 3.63) is 60.3 Å². The predicted octanol–water partition coefficient (Wildman–Crippen LogP) is 3.80. The Bertz CT molecular complexity index is 952. The number of amides is 2. The largest absolute Gasteiger partial charge is 0.361 e. The fraction of sp³-hybridized carbons (Fsp3) is 0.200. The highest BCUT2D eigenvalue weighted by Gasteiger charge is 2.52. The summed E-state index contributed by atoms with van der Waals surface area (Å²) in [6.45, 7) is 1.47. The summed E-state index contributed by atoms with van der Waals surface area (Å²) < 4.78 is 0. The molecule has 0 radical (unpaired) electrons. The molecule has 3 aromatic rings. The number of hydrogen-bond acceptors (Lipinski definition) is 2. The third-order valence-corrected chi connectivity index (χ3v) is 4.75. The minimum Gasteiger partial charge on any atom is -0.361 e. The first-order chi connectivity index (χ1) is 12.1. The van der Waals surface area contributed by atoms with Gasteiger partial charge in [0, 0.05) is 35.4 Å². The van der Waals surface area contributed by atoms with E-state index in [4.69, 9.17) is 0 Å². The van der Waals surface area contributed by atoms with Crippen LogP contribution in [0.25, 0.3) is 10.9 Å². The van der Waals surface area contributed by atoms with Crippen LogP contribution >= 0.6 is 0 Å². The van der Waals surface area contributed by atoms with E-state index in [0.717, 1.165) is 35.0 Å². The lowest BCUT2D eigenvalue weighted by Gasteiger charge is -2.15. The maximum Gasteiger partial charge on any atom is 0.235 e. The Hall–Kier alpha value is -3.08. The quantitative estimate of drug-likeness (QED) is 0.679. The SMILES string of the molecule is CC(=O)Nc1ccc(NC(=O)C2(c3c[nH]c4ccccc34)CC2)cc1. The van der Waals surface area contributed by atoms with Crippen LogP contribution in [0.5, 0.6) is 0 Å². The van der Waals surface area contributed by atoms with Crippen LogP contribution in [-0.4, -0.2) is 16.8 Å². The molecular weight excluding hydrogens is 314 g/mol. The van der Waals surface area contributed by atoms with Crippen molar-refractivity contribution in [3.8, 4) is 0 Å². The summed E-state index contributed by atoms with van der Waals surface area (Å²) in [5, 5.41) is 6.83. The van der Waals surface area contributed by atoms with Gasteiger partial charge in [-0.15, -0.1) is 0 Å². The summed E-state index contributed by atoms with van der Waals surface area (Å²) in [5.74, 6) is -0.0995. The molecule has 1 heterocycles. The van der Waals surface area contributed by atoms with E-state index in [1.54, 1.807) is 24.3 Å². The van der Waals surface area contributed by atoms with Gasteiger partial charge in [0.2, 0.25) is 11.8 Å². The molecule has 0 bridgehead atoms. The summed E-state index contributed by atoms with van der Waals surface area (Å²) in [6, 6.07) is 15.2. The third kappa shape index (κ3) is 2.78. The van der Waals surface area contributed by atoms with Gasteiger partial charge in [0.05, 0.1) is 5.41 Å². The second-order valence-corrected chi connectivity index (χ2v) is 6.54. The smallest absolute Gasteiger partial charge is 0.235 e. The van der Waals surface area contributed by atoms with Gasteiger partial charge in [0.25, 0.3) is 0 Å². The molecule has 1 aromatic heterocycles. The zero-order valence-corrected chi connectivity index (χ0v) is 13.9. The first-order valence-corrected chi connectivity index (χ1v) is 8.34. The number of aromatic nitrogens is 1. The fourth-order valence-electron chi connectivity index (χ4n) is 3.30. The minimum absolute atomic E-state index is 0.0181. The molecule has 1 aliphatic rings. The number of H-pyrrole nitrogens is 1. The molecule has 2 aromatic carbocycles. The predicted molar refractivity (Wildman–Crippen MR) is 98.6 cm³/mol. The second-order valence-electron chi connectivity index (χ2n) is 6.54. The van der Waals surface area contributed by atoms with Crippen molar-refractivity contribution in [2.24, 2.45) is 0 Å². The molecule has 1 fully saturated rings. The highest BCUT2D eigenvalue weighted by molar-refractivity contribution is 6.04. The maximum absolute atomic E-state index is 12.9. The monoisotopic (exact) mass is 333 g/mol. The fourth-order valence-corrected chi connectivity index (χ4v) is 3.30. The lowest BCUT2D eigenvalue weighted by Crippen LogP contribution is -2.27. The highest BCUT2D eigenvalue weighted by Crippen LogP contribution is 2.51. The Labute approximate surface area is 145 Å². The number of nitrogens with one attached hydrogen (secondary N) is 3. The Morgan fingerprint density at radius 3 is 2.24 bits per heavy atom. The number of anilines is 2. The minimum atomic E-state index is -0.449. The van der Waals surface area contributed by atoms with Crippen LogP contribution in [-0.2, 0) is 15.0 Å². The molecule has 0 atom stereocenters. The van der Waals surface area contributed by atoms with Gasteiger partial charge in [-0.1, -0.05) is 18.2 Å². The van der Waals surface area contributed by atoms with E-state index < -0.39 is 5.41 Å². The number of rotatable bonds is 4. The van der Waals surface area contributed by atoms with E-state index in [9.17, 15) is 9.59 Å². The zero-order valence-electron chi connectivity index (χ0n) is 13.9. The molecule has 5 nitrogen and oxygen atoms in total. The van der Waals surface area contributed by atoms with Gasteiger partial charge < -0.3 is 15.6 Å². The molecule has 0 spiro atoms. The molecule has 4 rings (SSSR count). The van der Waals surface area contributed by atoms with E-state index >= 15 is 0 Å². The first kappa shape index (κ1) is 15.4. The average molecular weight is 333 g/mol. The lowest BCUT2D eigenvalue weighted by molar-refractivity contribution is -0.118. The Morgan fingerprint density at radius 1 is 0.960 bits per heavy atom. The summed E-state index contributed by atoms with van der Waals surface area (Å²) in [7, 11) is 0. The van der Waals surface area contributed by atoms with E-state index in [-0.39, 0.29) is 11.8 Å². The number of carbonyl (C=O) groups is 2. The van der Waals surface area contributed by atoms with Crippen LogP contribution in [0.4, 0.5) is 11.4 Å². The van der Waals surface area contributed by atoms with Gasteiger partial charge in [-0.2, -0.15) is 0 Å². The summed E-state index contributed by atoms with van der Waals surface area (Å²) in [6.07, 6.45) is 3.66. The summed E-state index contributed by atoms with van der Waals surface area (Å²) in [5.41, 5.74) is 3.11. The number of para-hydroxylation sites is 1. The Morgan fingerprint density at radius 2 is 1.60 bits per heavy atom. The van der Waals surface area contributed by atoms with Crippen molar-refractivity contribution in [1.29, 1.82) is 0 Å². The topological polar surface area (TPSA) is 74.0 Å². The molecular formula is C20H19N3O2. The van der Waals surface area contributed by atoms with Gasteiger partial charge in [0.15, 0.2) is 0 Å². The third-order valence-electron chi connectivity index (χ3n) is 4.75. The van der Waals surface area contributed by atoms with Crippen molar-refractivity contribution in [2.75, 3.05) is 10.6 Å². The summed E-state index contributed by atoms with van der Waals surface area (Å²) >= 11 is 0. The van der Waals surface area contributed by atoms with Crippen LogP contribution in [0.1, 0.15) is 25.3 Å². The van der Waals surface area contributed by atoms with Crippen LogP contribution in [0, 0.1) is 0 Å². The van der Waals surface area contributed by atoms with E-state index in [2.05, 4.69) is 21.7 Å². The number of aromatic amines is 1. The average Bonchev–Trinajstić information content (AvgIpc) is 3.29. The number of fused-ring (bicyclic) bond motifs is 1. The summed E-state index contributed by atoms with van der Waals surface area (Å²) in [4.78, 5) is 27.2. The van der Waals surface area contributed by atoms with Gasteiger partial charge in [-0.3, -0.25) is 9.59 Å². The van der Waals surface area contributed by atoms with Crippen LogP contribution in [0.3, 0.4) is 0 Å². The maximum atomic E-state index is 12.9. The van der Waals surface area contributed by atoms with E-state index in [1.165, 1.54) is 6.92 Å². The van der Waals surface area contributed by atoms with Crippen molar-refractivity contribution in [3.63, 3.8) is 0 Å². The van der Waals surface area contributed by atoms with Crippen molar-refractivity contribution in [1.82, 2.24) is 4.98 Å². The lowest BCUT2D eigenvalue weighted by atomic mass is 9.94. The van der Waals surface area contributed by atoms with Crippen molar-refractivity contribution >= 4 is 34.1 Å². The standard InChI is InChI=1S/C20H19N3O2/c1-13(24)22-14-6-8-15(9-7-14)23-19(25)20(10-11-20)17-12-21-18-5-3-2-4-16(17)18/h2-9,12,21H,10-11H2,1H3,(H,22,24)(H,23,25). The van der Waals surface area contributed by atoms with Crippen LogP contribution < -0.4 is 10.6 Å². The first-order valence-electron chi connectivity index (χ1n) is 8.34. The Balaban J connectivity index is 1.55. The number of hydrogen-bond donors (Lipinski definition) is 3. The molecule has 126 valence electrons. The van der Waals surface area contributed by atoms with Crippen molar-refractivity contribution in [2.45, 2.75) is 25.2 Å². The molecule has 1 aliphatic carbocycles. The van der Waals surface area contributed by atoms with E-state index in [0.29, 0.717) is 5.69 Å². The zero-order chi connectivity index (χ0) is 17.4. The second kappa shape index (κ2) is 5.77. The van der Waals surface area contributed by atoms with Gasteiger partial charge in [0.1, 0.15) is 0 Å². The molecule has 3 N–H and O–H groups in total. The molecule has 5 heteroatoms. The molecule has 0 aliphatic heterocycles. The molecule has 25 heavy (non-hydrogen) atoms. The Kier molecular flexibility index (Phi) is 3.57.